The molecule has 0 unspecified atom stereocenters. The molecule has 1 aromatic heterocycles. The quantitative estimate of drug-likeness (QED) is 0.689. The number of nitrogens with one attached hydrogen (secondary N) is 1. The predicted molar refractivity (Wildman–Crippen MR) is 42.6 cm³/mol. The predicted octanol–water partition coefficient (Wildman–Crippen LogP) is 0.564. The minimum atomic E-state index is 0.0369. The van der Waals surface area contributed by atoms with Crippen molar-refractivity contribution in [1.82, 2.24) is 4.98 Å². The molecule has 0 saturated carbocycles. The van der Waals surface area contributed by atoms with E-state index in [1.165, 1.54) is 6.07 Å². The molecule has 3 nitrogen and oxygen atoms in total. The Balaban J connectivity index is 2.64. The van der Waals surface area contributed by atoms with E-state index in [1.54, 1.807) is 19.4 Å². The van der Waals surface area contributed by atoms with E-state index in [0.717, 1.165) is 12.1 Å². The summed E-state index contributed by atoms with van der Waals surface area (Å²) in [5.74, 6) is 0. The van der Waals surface area contributed by atoms with Gasteiger partial charge in [0.05, 0.1) is 6.61 Å². The van der Waals surface area contributed by atoms with Crippen LogP contribution >= 0.6 is 0 Å². The lowest BCUT2D eigenvalue weighted by atomic mass is 10.3. The molecule has 1 heterocycles. The van der Waals surface area contributed by atoms with Gasteiger partial charge in [0.2, 0.25) is 0 Å². The van der Waals surface area contributed by atoms with E-state index < -0.39 is 0 Å². The largest absolute Gasteiger partial charge is 0.384 e. The van der Waals surface area contributed by atoms with Crippen molar-refractivity contribution in [2.45, 2.75) is 6.42 Å². The Bertz CT molecular complexity index is 267. The van der Waals surface area contributed by atoms with Crippen molar-refractivity contribution >= 4 is 0 Å². The van der Waals surface area contributed by atoms with Crippen LogP contribution in [0.25, 0.3) is 0 Å². The molecule has 0 bridgehead atoms. The first-order chi connectivity index (χ1) is 5.33. The maximum absolute atomic E-state index is 10.8. The Labute approximate surface area is 65.0 Å². The topological polar surface area (TPSA) is 42.1 Å². The summed E-state index contributed by atoms with van der Waals surface area (Å²) in [5, 5.41) is 0. The minimum Gasteiger partial charge on any atom is -0.384 e. The molecule has 1 N–H and O–H groups in total. The van der Waals surface area contributed by atoms with Crippen LogP contribution in [0.1, 0.15) is 5.69 Å². The zero-order valence-corrected chi connectivity index (χ0v) is 6.46. The number of hydrogen-bond acceptors (Lipinski definition) is 2. The van der Waals surface area contributed by atoms with Crippen LogP contribution in [0.2, 0.25) is 0 Å². The first-order valence-electron chi connectivity index (χ1n) is 3.49. The number of aromatic nitrogens is 1. The lowest BCUT2D eigenvalue weighted by Gasteiger charge is -1.97. The number of hydrogen-bond donors (Lipinski definition) is 1. The van der Waals surface area contributed by atoms with E-state index in [2.05, 4.69) is 4.98 Å². The molecule has 3 heteroatoms. The summed E-state index contributed by atoms with van der Waals surface area (Å²) in [5.41, 5.74) is 0.953. The summed E-state index contributed by atoms with van der Waals surface area (Å²) >= 11 is 0. The van der Waals surface area contributed by atoms with E-state index >= 15 is 0 Å². The Morgan fingerprint density at radius 3 is 3.09 bits per heavy atom. The van der Waals surface area contributed by atoms with Gasteiger partial charge < -0.3 is 9.72 Å². The van der Waals surface area contributed by atoms with Gasteiger partial charge in [-0.05, 0) is 0 Å². The van der Waals surface area contributed by atoms with Crippen LogP contribution < -0.4 is 5.43 Å². The molecule has 1 aromatic rings. The lowest BCUT2D eigenvalue weighted by molar-refractivity contribution is 0.201. The molecule has 0 aliphatic heterocycles. The van der Waals surface area contributed by atoms with Gasteiger partial charge in [-0.15, -0.1) is 0 Å². The van der Waals surface area contributed by atoms with Crippen LogP contribution in [0.3, 0.4) is 0 Å². The number of rotatable bonds is 3. The van der Waals surface area contributed by atoms with Gasteiger partial charge >= 0.3 is 0 Å². The lowest BCUT2D eigenvalue weighted by Crippen LogP contribution is -2.03. The summed E-state index contributed by atoms with van der Waals surface area (Å²) in [6.07, 6.45) is 2.40. The van der Waals surface area contributed by atoms with Gasteiger partial charge in [-0.3, -0.25) is 4.79 Å². The third-order valence-corrected chi connectivity index (χ3v) is 1.41. The van der Waals surface area contributed by atoms with Gasteiger partial charge in [-0.25, -0.2) is 0 Å². The summed E-state index contributed by atoms with van der Waals surface area (Å²) < 4.78 is 4.86. The average Bonchev–Trinajstić information content (AvgIpc) is 2.01. The maximum atomic E-state index is 10.8. The molecule has 60 valence electrons. The number of H-pyrrole nitrogens is 1. The van der Waals surface area contributed by atoms with E-state index in [4.69, 9.17) is 4.74 Å². The van der Waals surface area contributed by atoms with Crippen molar-refractivity contribution < 1.29 is 4.74 Å². The molecule has 0 aliphatic rings. The average molecular weight is 153 g/mol. The second-order valence-corrected chi connectivity index (χ2v) is 2.29. The number of ether oxygens (including phenoxy) is 1. The first-order valence-corrected chi connectivity index (χ1v) is 3.49. The van der Waals surface area contributed by atoms with Gasteiger partial charge in [0, 0.05) is 37.6 Å². The van der Waals surface area contributed by atoms with E-state index in [1.807, 2.05) is 0 Å². The first kappa shape index (κ1) is 8.01. The molecule has 11 heavy (non-hydrogen) atoms. The Morgan fingerprint density at radius 2 is 2.45 bits per heavy atom. The highest BCUT2D eigenvalue weighted by Crippen LogP contribution is 1.89. The number of methoxy groups -OCH3 is 1. The number of aromatic amines is 1. The Kier molecular flexibility index (Phi) is 2.86. The summed E-state index contributed by atoms with van der Waals surface area (Å²) in [6.45, 7) is 0.639. The van der Waals surface area contributed by atoms with Crippen LogP contribution in [-0.2, 0) is 11.2 Å². The molecule has 0 saturated heterocycles. The monoisotopic (exact) mass is 153 g/mol. The van der Waals surface area contributed by atoms with Gasteiger partial charge in [0.25, 0.3) is 0 Å². The van der Waals surface area contributed by atoms with Gasteiger partial charge in [0.1, 0.15) is 0 Å². The second kappa shape index (κ2) is 3.93. The number of pyridine rings is 1. The highest BCUT2D eigenvalue weighted by Gasteiger charge is 1.91. The van der Waals surface area contributed by atoms with Crippen LogP contribution in [0.15, 0.2) is 23.1 Å². The van der Waals surface area contributed by atoms with Crippen molar-refractivity contribution in [3.05, 3.63) is 34.2 Å². The summed E-state index contributed by atoms with van der Waals surface area (Å²) in [7, 11) is 1.64. The highest BCUT2D eigenvalue weighted by molar-refractivity contribution is 5.03. The maximum Gasteiger partial charge on any atom is 0.181 e. The van der Waals surface area contributed by atoms with Crippen molar-refractivity contribution in [3.8, 4) is 0 Å². The van der Waals surface area contributed by atoms with Gasteiger partial charge in [-0.2, -0.15) is 0 Å². The molecular weight excluding hydrogens is 142 g/mol. The van der Waals surface area contributed by atoms with Crippen molar-refractivity contribution in [2.75, 3.05) is 13.7 Å². The molecular formula is C8H11NO2. The third-order valence-electron chi connectivity index (χ3n) is 1.41. The van der Waals surface area contributed by atoms with Gasteiger partial charge in [-0.1, -0.05) is 0 Å². The molecule has 1 rings (SSSR count). The SMILES string of the molecule is COCCc1cc(=O)cc[nH]1. The molecule has 0 radical (unpaired) electrons. The zero-order valence-electron chi connectivity index (χ0n) is 6.46. The molecule has 0 aliphatic carbocycles. The summed E-state index contributed by atoms with van der Waals surface area (Å²) in [4.78, 5) is 13.8. The normalized spacial score (nSPS) is 9.91. The molecule has 0 amide bonds. The smallest absolute Gasteiger partial charge is 0.181 e. The van der Waals surface area contributed by atoms with Gasteiger partial charge in [0.15, 0.2) is 5.43 Å². The fourth-order valence-corrected chi connectivity index (χ4v) is 0.849. The minimum absolute atomic E-state index is 0.0369. The van der Waals surface area contributed by atoms with Crippen molar-refractivity contribution in [2.24, 2.45) is 0 Å². The van der Waals surface area contributed by atoms with Crippen molar-refractivity contribution in [3.63, 3.8) is 0 Å². The molecule has 0 spiro atoms. The Hall–Kier alpha value is -1.09. The fraction of sp³-hybridized carbons (Fsp3) is 0.375. The summed E-state index contributed by atoms with van der Waals surface area (Å²) in [6, 6.07) is 3.08. The van der Waals surface area contributed by atoms with E-state index in [-0.39, 0.29) is 5.43 Å². The standard InChI is InChI=1S/C8H11NO2/c1-11-5-3-7-6-8(10)2-4-9-7/h2,4,6H,3,5H2,1H3,(H,9,10). The van der Waals surface area contributed by atoms with Crippen LogP contribution in [0.4, 0.5) is 0 Å². The fourth-order valence-electron chi connectivity index (χ4n) is 0.849. The van der Waals surface area contributed by atoms with Crippen molar-refractivity contribution in [1.29, 1.82) is 0 Å². The van der Waals surface area contributed by atoms with E-state index in [9.17, 15) is 4.79 Å². The highest BCUT2D eigenvalue weighted by atomic mass is 16.5. The zero-order chi connectivity index (χ0) is 8.10. The third kappa shape index (κ3) is 2.55. The molecule has 0 atom stereocenters. The van der Waals surface area contributed by atoms with Crippen LogP contribution in [-0.4, -0.2) is 18.7 Å². The van der Waals surface area contributed by atoms with E-state index in [0.29, 0.717) is 6.61 Å². The van der Waals surface area contributed by atoms with Crippen LogP contribution in [0.5, 0.6) is 0 Å². The Morgan fingerprint density at radius 1 is 1.64 bits per heavy atom. The molecule has 0 aromatic carbocycles. The second-order valence-electron chi connectivity index (χ2n) is 2.29. The van der Waals surface area contributed by atoms with Crippen LogP contribution in [0, 0.1) is 0 Å². The molecule has 0 fully saturated rings.